The predicted octanol–water partition coefficient (Wildman–Crippen LogP) is 3.49. The molecule has 1 N–H and O–H groups in total. The summed E-state index contributed by atoms with van der Waals surface area (Å²) in [6, 6.07) is 7.90. The van der Waals surface area contributed by atoms with Crippen LogP contribution in [0.15, 0.2) is 35.1 Å². The Labute approximate surface area is 127 Å². The fourth-order valence-electron chi connectivity index (χ4n) is 2.07. The monoisotopic (exact) mass is 335 g/mol. The van der Waals surface area contributed by atoms with E-state index in [4.69, 9.17) is 0 Å². The van der Waals surface area contributed by atoms with Gasteiger partial charge in [-0.2, -0.15) is 5.10 Å². The molecule has 0 aliphatic carbocycles. The molecule has 106 valence electrons. The summed E-state index contributed by atoms with van der Waals surface area (Å²) in [6.45, 7) is 4.23. The van der Waals surface area contributed by atoms with Crippen molar-refractivity contribution in [3.63, 3.8) is 0 Å². The molecular formula is C15H18BrN3O. The zero-order valence-electron chi connectivity index (χ0n) is 11.9. The fraction of sp³-hybridized carbons (Fsp3) is 0.333. The van der Waals surface area contributed by atoms with Gasteiger partial charge in [-0.25, -0.2) is 0 Å². The number of carbonyl (C=O) groups is 1. The average Bonchev–Trinajstić information content (AvgIpc) is 2.71. The number of nitrogens with one attached hydrogen (secondary N) is 1. The van der Waals surface area contributed by atoms with Gasteiger partial charge in [-0.3, -0.25) is 9.48 Å². The van der Waals surface area contributed by atoms with Crippen molar-refractivity contribution in [2.75, 3.05) is 5.32 Å². The van der Waals surface area contributed by atoms with Crippen molar-refractivity contribution in [3.8, 4) is 0 Å². The summed E-state index contributed by atoms with van der Waals surface area (Å²) in [5, 5.41) is 7.09. The summed E-state index contributed by atoms with van der Waals surface area (Å²) >= 11 is 3.42. The molecule has 0 unspecified atom stereocenters. The van der Waals surface area contributed by atoms with Gasteiger partial charge >= 0.3 is 0 Å². The predicted molar refractivity (Wildman–Crippen MR) is 83.8 cm³/mol. The van der Waals surface area contributed by atoms with Gasteiger partial charge in [0.25, 0.3) is 0 Å². The first kappa shape index (κ1) is 14.8. The highest BCUT2D eigenvalue weighted by Crippen LogP contribution is 2.24. The van der Waals surface area contributed by atoms with Crippen molar-refractivity contribution in [2.24, 2.45) is 7.05 Å². The Balaban J connectivity index is 2.11. The lowest BCUT2D eigenvalue weighted by atomic mass is 10.0. The van der Waals surface area contributed by atoms with Crippen molar-refractivity contribution in [1.29, 1.82) is 0 Å². The van der Waals surface area contributed by atoms with Crippen molar-refractivity contribution >= 4 is 27.5 Å². The number of nitrogens with zero attached hydrogens (tertiary/aromatic N) is 2. The van der Waals surface area contributed by atoms with E-state index in [1.165, 1.54) is 0 Å². The number of rotatable bonds is 4. The number of hydrogen-bond donors (Lipinski definition) is 1. The Morgan fingerprint density at radius 1 is 1.40 bits per heavy atom. The van der Waals surface area contributed by atoms with Gasteiger partial charge in [0, 0.05) is 18.3 Å². The largest absolute Gasteiger partial charge is 0.326 e. The van der Waals surface area contributed by atoms with Gasteiger partial charge in [-0.15, -0.1) is 0 Å². The molecule has 0 atom stereocenters. The average molecular weight is 336 g/mol. The van der Waals surface area contributed by atoms with E-state index in [0.29, 0.717) is 12.3 Å². The molecule has 1 amide bonds. The van der Waals surface area contributed by atoms with Gasteiger partial charge in [-0.1, -0.05) is 32.0 Å². The van der Waals surface area contributed by atoms with Crippen LogP contribution in [0.1, 0.15) is 30.9 Å². The molecule has 2 rings (SSSR count). The van der Waals surface area contributed by atoms with Gasteiger partial charge in [-0.05, 0) is 33.5 Å². The number of para-hydroxylation sites is 1. The number of benzene rings is 1. The minimum absolute atomic E-state index is 0.0354. The highest BCUT2D eigenvalue weighted by Gasteiger charge is 2.13. The zero-order valence-corrected chi connectivity index (χ0v) is 13.4. The van der Waals surface area contributed by atoms with E-state index < -0.39 is 0 Å². The molecule has 2 aromatic rings. The molecular weight excluding hydrogens is 318 g/mol. The second kappa shape index (κ2) is 6.22. The maximum atomic E-state index is 12.1. The molecule has 0 saturated carbocycles. The quantitative estimate of drug-likeness (QED) is 0.929. The number of amides is 1. The van der Waals surface area contributed by atoms with Crippen LogP contribution in [0, 0.1) is 0 Å². The van der Waals surface area contributed by atoms with Crippen LogP contribution in [-0.2, 0) is 18.3 Å². The van der Waals surface area contributed by atoms with E-state index >= 15 is 0 Å². The third kappa shape index (κ3) is 3.28. The maximum absolute atomic E-state index is 12.1. The van der Waals surface area contributed by atoms with Crippen LogP contribution in [-0.4, -0.2) is 15.7 Å². The molecule has 0 aliphatic heterocycles. The lowest BCUT2D eigenvalue weighted by Gasteiger charge is -2.13. The second-order valence-corrected chi connectivity index (χ2v) is 5.80. The highest BCUT2D eigenvalue weighted by molar-refractivity contribution is 9.10. The summed E-state index contributed by atoms with van der Waals surface area (Å²) in [4.78, 5) is 12.1. The van der Waals surface area contributed by atoms with Crippen molar-refractivity contribution in [2.45, 2.75) is 26.2 Å². The molecule has 1 aromatic heterocycles. The Bertz CT molecular complexity index is 619. The van der Waals surface area contributed by atoms with Crippen LogP contribution < -0.4 is 5.32 Å². The van der Waals surface area contributed by atoms with Crippen molar-refractivity contribution < 1.29 is 4.79 Å². The summed E-state index contributed by atoms with van der Waals surface area (Å²) in [5.74, 6) is 0.337. The maximum Gasteiger partial charge on any atom is 0.228 e. The fourth-order valence-corrected chi connectivity index (χ4v) is 2.40. The zero-order chi connectivity index (χ0) is 14.7. The molecule has 0 saturated heterocycles. The van der Waals surface area contributed by atoms with Crippen LogP contribution in [0.4, 0.5) is 5.69 Å². The topological polar surface area (TPSA) is 46.9 Å². The molecule has 4 nitrogen and oxygen atoms in total. The van der Waals surface area contributed by atoms with Gasteiger partial charge in [0.05, 0.1) is 12.6 Å². The first-order chi connectivity index (χ1) is 9.49. The van der Waals surface area contributed by atoms with E-state index in [-0.39, 0.29) is 5.91 Å². The van der Waals surface area contributed by atoms with Crippen molar-refractivity contribution in [3.05, 3.63) is 46.2 Å². The normalized spacial score (nSPS) is 10.8. The molecule has 0 bridgehead atoms. The van der Waals surface area contributed by atoms with Crippen LogP contribution in [0.2, 0.25) is 0 Å². The molecule has 5 heteroatoms. The molecule has 0 aliphatic rings. The highest BCUT2D eigenvalue weighted by atomic mass is 79.9. The minimum atomic E-state index is -0.0354. The molecule has 0 spiro atoms. The number of anilines is 1. The molecule has 20 heavy (non-hydrogen) atoms. The summed E-state index contributed by atoms with van der Waals surface area (Å²) in [5.41, 5.74) is 2.91. The van der Waals surface area contributed by atoms with Crippen LogP contribution in [0.3, 0.4) is 0 Å². The number of halogens is 1. The van der Waals surface area contributed by atoms with Gasteiger partial charge in [0.15, 0.2) is 0 Å². The lowest BCUT2D eigenvalue weighted by molar-refractivity contribution is -0.115. The SMILES string of the molecule is CC(C)c1ccccc1NC(=O)Cc1cnn(C)c1Br. The summed E-state index contributed by atoms with van der Waals surface area (Å²) in [7, 11) is 1.83. The van der Waals surface area contributed by atoms with E-state index in [1.54, 1.807) is 10.9 Å². The first-order valence-electron chi connectivity index (χ1n) is 6.54. The van der Waals surface area contributed by atoms with Gasteiger partial charge < -0.3 is 5.32 Å². The number of aromatic nitrogens is 2. The molecule has 0 radical (unpaired) electrons. The molecule has 1 aromatic carbocycles. The van der Waals surface area contributed by atoms with E-state index in [0.717, 1.165) is 21.4 Å². The third-order valence-corrected chi connectivity index (χ3v) is 4.17. The second-order valence-electron chi connectivity index (χ2n) is 5.05. The Hall–Kier alpha value is -1.62. The van der Waals surface area contributed by atoms with E-state index in [1.807, 2.05) is 31.3 Å². The Morgan fingerprint density at radius 2 is 2.10 bits per heavy atom. The smallest absolute Gasteiger partial charge is 0.228 e. The van der Waals surface area contributed by atoms with Crippen LogP contribution in [0.5, 0.6) is 0 Å². The minimum Gasteiger partial charge on any atom is -0.326 e. The molecule has 0 fully saturated rings. The van der Waals surface area contributed by atoms with Crippen LogP contribution >= 0.6 is 15.9 Å². The molecule has 1 heterocycles. The lowest BCUT2D eigenvalue weighted by Crippen LogP contribution is -2.16. The van der Waals surface area contributed by atoms with E-state index in [9.17, 15) is 4.79 Å². The summed E-state index contributed by atoms with van der Waals surface area (Å²) < 4.78 is 2.54. The third-order valence-electron chi connectivity index (χ3n) is 3.14. The standard InChI is InChI=1S/C15H18BrN3O/c1-10(2)12-6-4-5-7-13(12)18-14(20)8-11-9-17-19(3)15(11)16/h4-7,9-10H,8H2,1-3H3,(H,18,20). The van der Waals surface area contributed by atoms with Gasteiger partial charge in [0.1, 0.15) is 4.60 Å². The number of aryl methyl sites for hydroxylation is 1. The summed E-state index contributed by atoms with van der Waals surface area (Å²) in [6.07, 6.45) is 2.01. The first-order valence-corrected chi connectivity index (χ1v) is 7.33. The van der Waals surface area contributed by atoms with Crippen LogP contribution in [0.25, 0.3) is 0 Å². The van der Waals surface area contributed by atoms with E-state index in [2.05, 4.69) is 40.2 Å². The number of carbonyl (C=O) groups excluding carboxylic acids is 1. The van der Waals surface area contributed by atoms with Gasteiger partial charge in [0.2, 0.25) is 5.91 Å². The number of hydrogen-bond acceptors (Lipinski definition) is 2. The Morgan fingerprint density at radius 3 is 2.70 bits per heavy atom. The van der Waals surface area contributed by atoms with Crippen molar-refractivity contribution in [1.82, 2.24) is 9.78 Å². The Kier molecular flexibility index (Phi) is 4.60.